The number of carboxylic acids is 1. The predicted molar refractivity (Wildman–Crippen MR) is 99.3 cm³/mol. The number of aryl methyl sites for hydroxylation is 2. The van der Waals surface area contributed by atoms with E-state index >= 15 is 0 Å². The second kappa shape index (κ2) is 6.79. The average Bonchev–Trinajstić information content (AvgIpc) is 3.22. The fourth-order valence-electron chi connectivity index (χ4n) is 4.74. The zero-order chi connectivity index (χ0) is 19.1. The molecular formula is C20H23N3O4. The number of aliphatic carboxylic acids is 1. The molecule has 2 aromatic rings. The summed E-state index contributed by atoms with van der Waals surface area (Å²) in [5.74, 6) is -0.756. The molecule has 1 saturated carbocycles. The van der Waals surface area contributed by atoms with Gasteiger partial charge in [-0.3, -0.25) is 14.2 Å². The molecule has 1 aromatic heterocycles. The van der Waals surface area contributed by atoms with Gasteiger partial charge >= 0.3 is 5.97 Å². The zero-order valence-electron chi connectivity index (χ0n) is 15.3. The Labute approximate surface area is 156 Å². The summed E-state index contributed by atoms with van der Waals surface area (Å²) in [4.78, 5) is 42.9. The molecule has 1 N–H and O–H groups in total. The molecule has 3 unspecified atom stereocenters. The number of fused-ring (bicyclic) bond motifs is 2. The largest absolute Gasteiger partial charge is 0.480 e. The molecule has 4 rings (SSSR count). The molecule has 7 nitrogen and oxygen atoms in total. The van der Waals surface area contributed by atoms with Crippen molar-refractivity contribution in [3.05, 3.63) is 40.4 Å². The van der Waals surface area contributed by atoms with Gasteiger partial charge in [0.1, 0.15) is 6.04 Å². The number of carbonyl (C=O) groups is 2. The SMILES string of the molecule is Cc1cccc2c(=O)n(CCC(=O)N3CC4CCCC4C3C(=O)O)cnc12. The van der Waals surface area contributed by atoms with E-state index in [1.165, 1.54) is 15.8 Å². The molecule has 1 aliphatic heterocycles. The van der Waals surface area contributed by atoms with Crippen molar-refractivity contribution < 1.29 is 14.7 Å². The Kier molecular flexibility index (Phi) is 4.45. The van der Waals surface area contributed by atoms with Crippen molar-refractivity contribution in [2.45, 2.75) is 45.2 Å². The molecule has 0 bridgehead atoms. The minimum Gasteiger partial charge on any atom is -0.480 e. The number of likely N-dealkylation sites (tertiary alicyclic amines) is 1. The molecule has 27 heavy (non-hydrogen) atoms. The van der Waals surface area contributed by atoms with Crippen LogP contribution in [0.3, 0.4) is 0 Å². The molecule has 2 heterocycles. The second-order valence-electron chi connectivity index (χ2n) is 7.65. The summed E-state index contributed by atoms with van der Waals surface area (Å²) in [5, 5.41) is 10.1. The first kappa shape index (κ1) is 17.7. The lowest BCUT2D eigenvalue weighted by Crippen LogP contribution is -2.43. The van der Waals surface area contributed by atoms with Crippen LogP contribution in [0.4, 0.5) is 0 Å². The van der Waals surface area contributed by atoms with E-state index < -0.39 is 12.0 Å². The summed E-state index contributed by atoms with van der Waals surface area (Å²) >= 11 is 0. The molecule has 1 amide bonds. The number of hydrogen-bond acceptors (Lipinski definition) is 4. The fourth-order valence-corrected chi connectivity index (χ4v) is 4.74. The van der Waals surface area contributed by atoms with Crippen molar-refractivity contribution in [2.24, 2.45) is 11.8 Å². The summed E-state index contributed by atoms with van der Waals surface area (Å²) < 4.78 is 1.44. The molecule has 1 aromatic carbocycles. The summed E-state index contributed by atoms with van der Waals surface area (Å²) in [5.41, 5.74) is 1.42. The van der Waals surface area contributed by atoms with Crippen molar-refractivity contribution in [2.75, 3.05) is 6.54 Å². The highest BCUT2D eigenvalue weighted by atomic mass is 16.4. The third kappa shape index (κ3) is 3.01. The normalized spacial score (nSPS) is 24.3. The molecule has 3 atom stereocenters. The quantitative estimate of drug-likeness (QED) is 0.887. The van der Waals surface area contributed by atoms with Crippen LogP contribution >= 0.6 is 0 Å². The van der Waals surface area contributed by atoms with Crippen molar-refractivity contribution in [3.8, 4) is 0 Å². The number of hydrogen-bond donors (Lipinski definition) is 1. The van der Waals surface area contributed by atoms with Crippen molar-refractivity contribution in [1.29, 1.82) is 0 Å². The van der Waals surface area contributed by atoms with Crippen LogP contribution in [-0.2, 0) is 16.1 Å². The minimum atomic E-state index is -0.919. The van der Waals surface area contributed by atoms with E-state index in [0.717, 1.165) is 24.8 Å². The Balaban J connectivity index is 1.51. The molecule has 142 valence electrons. The third-order valence-electron chi connectivity index (χ3n) is 6.09. The van der Waals surface area contributed by atoms with Crippen LogP contribution in [0.15, 0.2) is 29.3 Å². The number of carbonyl (C=O) groups excluding carboxylic acids is 1. The van der Waals surface area contributed by atoms with Gasteiger partial charge in [-0.05, 0) is 43.2 Å². The maximum atomic E-state index is 12.7. The van der Waals surface area contributed by atoms with E-state index in [4.69, 9.17) is 0 Å². The monoisotopic (exact) mass is 369 g/mol. The first-order chi connectivity index (χ1) is 13.0. The summed E-state index contributed by atoms with van der Waals surface area (Å²) in [6.45, 7) is 2.62. The number of carboxylic acid groups (broad SMARTS) is 1. The van der Waals surface area contributed by atoms with E-state index in [9.17, 15) is 19.5 Å². The van der Waals surface area contributed by atoms with E-state index in [1.54, 1.807) is 6.07 Å². The molecule has 2 fully saturated rings. The summed E-state index contributed by atoms with van der Waals surface area (Å²) in [7, 11) is 0. The molecule has 2 aliphatic rings. The van der Waals surface area contributed by atoms with Gasteiger partial charge in [0.25, 0.3) is 5.56 Å². The molecule has 1 aliphatic carbocycles. The highest BCUT2D eigenvalue weighted by molar-refractivity contribution is 5.85. The number of para-hydroxylation sites is 1. The van der Waals surface area contributed by atoms with E-state index in [1.807, 2.05) is 19.1 Å². The van der Waals surface area contributed by atoms with Gasteiger partial charge in [-0.1, -0.05) is 18.6 Å². The first-order valence-electron chi connectivity index (χ1n) is 9.44. The zero-order valence-corrected chi connectivity index (χ0v) is 15.3. The highest BCUT2D eigenvalue weighted by Gasteiger charge is 2.49. The van der Waals surface area contributed by atoms with Gasteiger partial charge in [0.2, 0.25) is 5.91 Å². The maximum absolute atomic E-state index is 12.7. The average molecular weight is 369 g/mol. The summed E-state index contributed by atoms with van der Waals surface area (Å²) in [6, 6.07) is 4.73. The van der Waals surface area contributed by atoms with Crippen LogP contribution in [-0.4, -0.2) is 44.0 Å². The lowest BCUT2D eigenvalue weighted by molar-refractivity contribution is -0.149. The van der Waals surface area contributed by atoms with Crippen molar-refractivity contribution in [3.63, 3.8) is 0 Å². The summed E-state index contributed by atoms with van der Waals surface area (Å²) in [6.07, 6.45) is 4.48. The topological polar surface area (TPSA) is 92.5 Å². The Bertz CT molecular complexity index is 967. The number of amides is 1. The van der Waals surface area contributed by atoms with E-state index in [-0.39, 0.29) is 30.3 Å². The van der Waals surface area contributed by atoms with Gasteiger partial charge in [0, 0.05) is 19.5 Å². The molecule has 1 saturated heterocycles. The Morgan fingerprint density at radius 3 is 2.89 bits per heavy atom. The smallest absolute Gasteiger partial charge is 0.326 e. The second-order valence-corrected chi connectivity index (χ2v) is 7.65. The van der Waals surface area contributed by atoms with E-state index in [2.05, 4.69) is 4.98 Å². The van der Waals surface area contributed by atoms with Crippen LogP contribution in [0, 0.1) is 18.8 Å². The number of aromatic nitrogens is 2. The van der Waals surface area contributed by atoms with Gasteiger partial charge in [-0.2, -0.15) is 0 Å². The number of nitrogens with zero attached hydrogens (tertiary/aromatic N) is 3. The first-order valence-corrected chi connectivity index (χ1v) is 9.44. The van der Waals surface area contributed by atoms with Crippen molar-refractivity contribution >= 4 is 22.8 Å². The predicted octanol–water partition coefficient (Wildman–Crippen LogP) is 1.81. The minimum absolute atomic E-state index is 0.0690. The lowest BCUT2D eigenvalue weighted by atomic mass is 9.94. The van der Waals surface area contributed by atoms with Gasteiger partial charge in [0.15, 0.2) is 0 Å². The van der Waals surface area contributed by atoms with Crippen molar-refractivity contribution in [1.82, 2.24) is 14.5 Å². The maximum Gasteiger partial charge on any atom is 0.326 e. The van der Waals surface area contributed by atoms with Gasteiger partial charge in [0.05, 0.1) is 17.2 Å². The van der Waals surface area contributed by atoms with Gasteiger partial charge in [-0.15, -0.1) is 0 Å². The highest BCUT2D eigenvalue weighted by Crippen LogP contribution is 2.42. The number of benzene rings is 1. The third-order valence-corrected chi connectivity index (χ3v) is 6.09. The fraction of sp³-hybridized carbons (Fsp3) is 0.500. The molecular weight excluding hydrogens is 346 g/mol. The van der Waals surface area contributed by atoms with Crippen LogP contribution in [0.25, 0.3) is 10.9 Å². The number of rotatable bonds is 4. The van der Waals surface area contributed by atoms with Crippen LogP contribution in [0.2, 0.25) is 0 Å². The van der Waals surface area contributed by atoms with E-state index in [0.29, 0.717) is 23.4 Å². The standard InChI is InChI=1S/C20H23N3O4/c1-12-4-2-7-15-17(12)21-11-22(19(15)25)9-8-16(24)23-10-13-5-3-6-14(13)18(23)20(26)27/h2,4,7,11,13-14,18H,3,5-6,8-10H2,1H3,(H,26,27). The Morgan fingerprint density at radius 2 is 2.11 bits per heavy atom. The molecule has 0 radical (unpaired) electrons. The molecule has 0 spiro atoms. The van der Waals surface area contributed by atoms with Crippen LogP contribution < -0.4 is 5.56 Å². The lowest BCUT2D eigenvalue weighted by Gasteiger charge is -2.24. The van der Waals surface area contributed by atoms with Crippen LogP contribution in [0.5, 0.6) is 0 Å². The Hall–Kier alpha value is -2.70. The Morgan fingerprint density at radius 1 is 1.30 bits per heavy atom. The molecule has 7 heteroatoms. The van der Waals surface area contributed by atoms with Crippen LogP contribution in [0.1, 0.15) is 31.2 Å². The van der Waals surface area contributed by atoms with Gasteiger partial charge < -0.3 is 10.0 Å². The van der Waals surface area contributed by atoms with Gasteiger partial charge in [-0.25, -0.2) is 9.78 Å².